The molecule has 35 heavy (non-hydrogen) atoms. The standard InChI is InChI=1S/C27H22N2O6/c1-33-18-10-6-16(7-11-18)14-29-24(17-8-12-19(13-9-17)34-15-22(28)30)23-25(31)20-4-2-3-5-21(20)35-26(23)27(29)32/h2-13,24H,14-15H2,1H3,(H2,28,30). The van der Waals surface area contributed by atoms with Gasteiger partial charge in [-0.2, -0.15) is 0 Å². The second kappa shape index (κ2) is 8.98. The number of fused-ring (bicyclic) bond motifs is 2. The molecule has 1 aromatic heterocycles. The molecule has 0 aliphatic carbocycles. The van der Waals surface area contributed by atoms with Crippen LogP contribution in [0.15, 0.2) is 82.0 Å². The number of benzene rings is 3. The molecule has 176 valence electrons. The van der Waals surface area contributed by atoms with Crippen molar-refractivity contribution in [1.29, 1.82) is 0 Å². The molecular formula is C27H22N2O6. The van der Waals surface area contributed by atoms with Gasteiger partial charge in [0.25, 0.3) is 11.8 Å². The lowest BCUT2D eigenvalue weighted by molar-refractivity contribution is -0.119. The van der Waals surface area contributed by atoms with Crippen molar-refractivity contribution in [3.05, 3.63) is 105 Å². The molecule has 8 nitrogen and oxygen atoms in total. The number of ether oxygens (including phenoxy) is 2. The van der Waals surface area contributed by atoms with E-state index in [2.05, 4.69) is 0 Å². The zero-order valence-corrected chi connectivity index (χ0v) is 18.9. The van der Waals surface area contributed by atoms with Crippen molar-refractivity contribution in [2.45, 2.75) is 12.6 Å². The number of amides is 2. The van der Waals surface area contributed by atoms with E-state index in [1.54, 1.807) is 60.5 Å². The molecule has 5 rings (SSSR count). The van der Waals surface area contributed by atoms with Crippen molar-refractivity contribution in [1.82, 2.24) is 4.90 Å². The Hall–Kier alpha value is -4.59. The maximum absolute atomic E-state index is 13.5. The van der Waals surface area contributed by atoms with E-state index in [0.717, 1.165) is 5.56 Å². The largest absolute Gasteiger partial charge is 0.497 e. The Balaban J connectivity index is 1.60. The number of hydrogen-bond donors (Lipinski definition) is 1. The van der Waals surface area contributed by atoms with Gasteiger partial charge in [0.1, 0.15) is 17.1 Å². The molecule has 1 aliphatic rings. The number of carbonyl (C=O) groups excluding carboxylic acids is 2. The summed E-state index contributed by atoms with van der Waals surface area (Å²) in [5, 5.41) is 0.414. The maximum Gasteiger partial charge on any atom is 0.291 e. The van der Waals surface area contributed by atoms with Gasteiger partial charge >= 0.3 is 0 Å². The van der Waals surface area contributed by atoms with Crippen LogP contribution >= 0.6 is 0 Å². The van der Waals surface area contributed by atoms with Crippen LogP contribution in [-0.2, 0) is 11.3 Å². The zero-order valence-electron chi connectivity index (χ0n) is 18.9. The first-order valence-electron chi connectivity index (χ1n) is 11.0. The maximum atomic E-state index is 13.5. The van der Waals surface area contributed by atoms with Gasteiger partial charge in [-0.15, -0.1) is 0 Å². The van der Waals surface area contributed by atoms with E-state index < -0.39 is 11.9 Å². The normalized spacial score (nSPS) is 14.7. The van der Waals surface area contributed by atoms with Crippen molar-refractivity contribution in [2.24, 2.45) is 5.73 Å². The molecule has 4 aromatic rings. The lowest BCUT2D eigenvalue weighted by atomic mass is 9.98. The number of hydrogen-bond acceptors (Lipinski definition) is 6. The van der Waals surface area contributed by atoms with Crippen LogP contribution < -0.4 is 20.6 Å². The Morgan fingerprint density at radius 1 is 0.971 bits per heavy atom. The van der Waals surface area contributed by atoms with Gasteiger partial charge in [0.05, 0.1) is 24.1 Å². The summed E-state index contributed by atoms with van der Waals surface area (Å²) >= 11 is 0. The Morgan fingerprint density at radius 2 is 1.66 bits per heavy atom. The minimum atomic E-state index is -0.661. The summed E-state index contributed by atoms with van der Waals surface area (Å²) in [4.78, 5) is 39.7. The second-order valence-corrected chi connectivity index (χ2v) is 8.18. The fourth-order valence-corrected chi connectivity index (χ4v) is 4.31. The predicted octanol–water partition coefficient (Wildman–Crippen LogP) is 3.41. The smallest absolute Gasteiger partial charge is 0.291 e. The van der Waals surface area contributed by atoms with Crippen LogP contribution in [0, 0.1) is 0 Å². The molecule has 1 unspecified atom stereocenters. The zero-order chi connectivity index (χ0) is 24.5. The lowest BCUT2D eigenvalue weighted by Gasteiger charge is -2.25. The molecule has 0 fully saturated rings. The highest BCUT2D eigenvalue weighted by atomic mass is 16.5. The highest BCUT2D eigenvalue weighted by molar-refractivity contribution is 5.99. The van der Waals surface area contributed by atoms with Crippen LogP contribution in [-0.4, -0.2) is 30.4 Å². The molecule has 1 aliphatic heterocycles. The Morgan fingerprint density at radius 3 is 2.34 bits per heavy atom. The summed E-state index contributed by atoms with van der Waals surface area (Å²) in [6.07, 6.45) is 0. The van der Waals surface area contributed by atoms with Gasteiger partial charge in [-0.1, -0.05) is 36.4 Å². The number of nitrogens with zero attached hydrogens (tertiary/aromatic N) is 1. The first-order valence-corrected chi connectivity index (χ1v) is 11.0. The van der Waals surface area contributed by atoms with Crippen molar-refractivity contribution in [3.63, 3.8) is 0 Å². The SMILES string of the molecule is COc1ccc(CN2C(=O)c3oc4ccccc4c(=O)c3C2c2ccc(OCC(N)=O)cc2)cc1. The predicted molar refractivity (Wildman–Crippen MR) is 128 cm³/mol. The van der Waals surface area contributed by atoms with E-state index in [-0.39, 0.29) is 30.2 Å². The van der Waals surface area contributed by atoms with Gasteiger partial charge in [0, 0.05) is 6.54 Å². The van der Waals surface area contributed by atoms with E-state index in [4.69, 9.17) is 19.6 Å². The van der Waals surface area contributed by atoms with E-state index in [1.807, 2.05) is 24.3 Å². The summed E-state index contributed by atoms with van der Waals surface area (Å²) in [5.41, 5.74) is 7.15. The summed E-state index contributed by atoms with van der Waals surface area (Å²) in [5.74, 6) is 0.249. The molecule has 0 saturated carbocycles. The summed E-state index contributed by atoms with van der Waals surface area (Å²) in [7, 11) is 1.59. The average molecular weight is 470 g/mol. The number of para-hydroxylation sites is 1. The number of primary amides is 1. The summed E-state index contributed by atoms with van der Waals surface area (Å²) in [6, 6.07) is 20.5. The van der Waals surface area contributed by atoms with E-state index in [0.29, 0.717) is 33.6 Å². The monoisotopic (exact) mass is 470 g/mol. The average Bonchev–Trinajstić information content (AvgIpc) is 3.15. The van der Waals surface area contributed by atoms with Crippen LogP contribution in [0.1, 0.15) is 33.3 Å². The van der Waals surface area contributed by atoms with Crippen molar-refractivity contribution < 1.29 is 23.5 Å². The number of carbonyl (C=O) groups is 2. The van der Waals surface area contributed by atoms with Gasteiger partial charge in [-0.25, -0.2) is 0 Å². The number of nitrogens with two attached hydrogens (primary N) is 1. The fourth-order valence-electron chi connectivity index (χ4n) is 4.31. The molecule has 0 saturated heterocycles. The number of methoxy groups -OCH3 is 1. The van der Waals surface area contributed by atoms with E-state index >= 15 is 0 Å². The van der Waals surface area contributed by atoms with Crippen LogP contribution in [0.2, 0.25) is 0 Å². The van der Waals surface area contributed by atoms with Crippen LogP contribution in [0.5, 0.6) is 11.5 Å². The summed E-state index contributed by atoms with van der Waals surface area (Å²) < 4.78 is 16.5. The molecule has 2 amide bonds. The molecule has 3 aromatic carbocycles. The molecule has 2 N–H and O–H groups in total. The van der Waals surface area contributed by atoms with Gasteiger partial charge in [-0.05, 0) is 47.5 Å². The Labute approximate surface area is 200 Å². The highest BCUT2D eigenvalue weighted by Crippen LogP contribution is 2.39. The third-order valence-corrected chi connectivity index (χ3v) is 5.96. The third-order valence-electron chi connectivity index (χ3n) is 5.96. The van der Waals surface area contributed by atoms with E-state index in [1.165, 1.54) is 0 Å². The minimum Gasteiger partial charge on any atom is -0.497 e. The first-order chi connectivity index (χ1) is 17.0. The molecule has 0 spiro atoms. The molecule has 2 heterocycles. The van der Waals surface area contributed by atoms with Crippen molar-refractivity contribution in [3.8, 4) is 11.5 Å². The minimum absolute atomic E-state index is 0.0428. The second-order valence-electron chi connectivity index (χ2n) is 8.18. The molecule has 0 radical (unpaired) electrons. The fraction of sp³-hybridized carbons (Fsp3) is 0.148. The van der Waals surface area contributed by atoms with Crippen LogP contribution in [0.4, 0.5) is 0 Å². The highest BCUT2D eigenvalue weighted by Gasteiger charge is 2.42. The van der Waals surface area contributed by atoms with Gasteiger partial charge < -0.3 is 24.5 Å². The topological polar surface area (TPSA) is 112 Å². The third kappa shape index (κ3) is 4.10. The molecular weight excluding hydrogens is 448 g/mol. The van der Waals surface area contributed by atoms with Crippen molar-refractivity contribution >= 4 is 22.8 Å². The number of rotatable bonds is 7. The first kappa shape index (κ1) is 22.2. The molecule has 1 atom stereocenters. The Bertz CT molecular complexity index is 1470. The quantitative estimate of drug-likeness (QED) is 0.443. The van der Waals surface area contributed by atoms with Gasteiger partial charge in [0.15, 0.2) is 12.0 Å². The van der Waals surface area contributed by atoms with Crippen LogP contribution in [0.3, 0.4) is 0 Å². The van der Waals surface area contributed by atoms with Gasteiger partial charge in [0.2, 0.25) is 5.76 Å². The van der Waals surface area contributed by atoms with E-state index in [9.17, 15) is 14.4 Å². The molecule has 8 heteroatoms. The summed E-state index contributed by atoms with van der Waals surface area (Å²) in [6.45, 7) is 0.0106. The van der Waals surface area contributed by atoms with Crippen molar-refractivity contribution in [2.75, 3.05) is 13.7 Å². The lowest BCUT2D eigenvalue weighted by Crippen LogP contribution is -2.29. The molecule has 0 bridgehead atoms. The van der Waals surface area contributed by atoms with Crippen LogP contribution in [0.25, 0.3) is 11.0 Å². The Kier molecular flexibility index (Phi) is 5.70. The van der Waals surface area contributed by atoms with Gasteiger partial charge in [-0.3, -0.25) is 14.4 Å².